The Kier molecular flexibility index (Phi) is 7.82. The molecule has 3 aromatic rings. The molecule has 8 nitrogen and oxygen atoms in total. The summed E-state index contributed by atoms with van der Waals surface area (Å²) in [6.45, 7) is 2.05. The number of nitrogens with zero attached hydrogens (tertiary/aromatic N) is 2. The van der Waals surface area contributed by atoms with Crippen molar-refractivity contribution in [2.45, 2.75) is 57.5 Å². The topological polar surface area (TPSA) is 131 Å². The fourth-order valence-corrected chi connectivity index (χ4v) is 5.92. The van der Waals surface area contributed by atoms with Crippen molar-refractivity contribution in [1.82, 2.24) is 9.69 Å². The van der Waals surface area contributed by atoms with Gasteiger partial charge in [0, 0.05) is 16.6 Å². The van der Waals surface area contributed by atoms with E-state index in [4.69, 9.17) is 11.5 Å². The third kappa shape index (κ3) is 5.38. The number of hydrogen-bond donors (Lipinski definition) is 3. The van der Waals surface area contributed by atoms with E-state index in [-0.39, 0.29) is 28.2 Å². The molecule has 1 aliphatic carbocycles. The lowest BCUT2D eigenvalue weighted by atomic mass is 9.95. The van der Waals surface area contributed by atoms with E-state index in [2.05, 4.69) is 9.69 Å². The summed E-state index contributed by atoms with van der Waals surface area (Å²) in [6, 6.07) is 10.4. The highest BCUT2D eigenvalue weighted by atomic mass is 32.1. The molecule has 0 bridgehead atoms. The minimum absolute atomic E-state index is 0.0692. The average molecular weight is 512 g/mol. The predicted molar refractivity (Wildman–Crippen MR) is 140 cm³/mol. The van der Waals surface area contributed by atoms with Crippen LogP contribution < -0.4 is 21.7 Å². The molecule has 1 aromatic carbocycles. The zero-order valence-corrected chi connectivity index (χ0v) is 21.2. The van der Waals surface area contributed by atoms with Crippen molar-refractivity contribution in [2.75, 3.05) is 10.6 Å². The molecule has 0 aliphatic heterocycles. The summed E-state index contributed by atoms with van der Waals surface area (Å²) < 4.78 is 4.00. The number of hydrogen-bond acceptors (Lipinski definition) is 7. The number of amides is 3. The number of anilines is 2. The maximum absolute atomic E-state index is 14.0. The molecule has 1 fully saturated rings. The molecule has 3 amide bonds. The number of thiophene rings is 1. The highest BCUT2D eigenvalue weighted by molar-refractivity contribution is 7.10. The summed E-state index contributed by atoms with van der Waals surface area (Å²) in [5, 5.41) is 5.06. The molecule has 5 N–H and O–H groups in total. The fraction of sp³-hybridized carbons (Fsp3) is 0.360. The second kappa shape index (κ2) is 11.0. The van der Waals surface area contributed by atoms with Crippen LogP contribution in [0.4, 0.5) is 11.4 Å². The maximum atomic E-state index is 14.0. The molecule has 2 aromatic heterocycles. The van der Waals surface area contributed by atoms with Crippen LogP contribution in [0.3, 0.4) is 0 Å². The van der Waals surface area contributed by atoms with Gasteiger partial charge in [-0.1, -0.05) is 44.4 Å². The van der Waals surface area contributed by atoms with Gasteiger partial charge in [-0.3, -0.25) is 19.3 Å². The number of rotatable bonds is 8. The molecule has 35 heavy (non-hydrogen) atoms. The normalized spacial score (nSPS) is 14.9. The van der Waals surface area contributed by atoms with Crippen LogP contribution in [0.1, 0.15) is 75.7 Å². The van der Waals surface area contributed by atoms with Crippen LogP contribution >= 0.6 is 22.9 Å². The summed E-state index contributed by atoms with van der Waals surface area (Å²) in [6.07, 6.45) is 6.00. The molecule has 1 saturated carbocycles. The van der Waals surface area contributed by atoms with Crippen molar-refractivity contribution in [3.05, 3.63) is 62.8 Å². The first-order valence-electron chi connectivity index (χ1n) is 11.7. The zero-order valence-electron chi connectivity index (χ0n) is 19.5. The Labute approximate surface area is 212 Å². The van der Waals surface area contributed by atoms with Crippen LogP contribution in [0, 0.1) is 0 Å². The minimum atomic E-state index is -0.907. The number of nitrogens with one attached hydrogen (secondary N) is 1. The van der Waals surface area contributed by atoms with Gasteiger partial charge in [0.05, 0.1) is 5.69 Å². The van der Waals surface area contributed by atoms with E-state index in [0.29, 0.717) is 5.69 Å². The van der Waals surface area contributed by atoms with Gasteiger partial charge in [-0.05, 0) is 59.9 Å². The fourth-order valence-electron chi connectivity index (χ4n) is 4.36. The van der Waals surface area contributed by atoms with Crippen LogP contribution in [0.5, 0.6) is 0 Å². The molecule has 0 saturated heterocycles. The van der Waals surface area contributed by atoms with Crippen molar-refractivity contribution in [3.63, 3.8) is 0 Å². The van der Waals surface area contributed by atoms with E-state index in [1.807, 2.05) is 48.7 Å². The first kappa shape index (κ1) is 24.9. The molecule has 184 valence electrons. The number of nitrogen functional groups attached to an aromatic ring is 1. The Morgan fingerprint density at radius 3 is 2.43 bits per heavy atom. The van der Waals surface area contributed by atoms with Gasteiger partial charge in [0.25, 0.3) is 11.8 Å². The number of aryl methyl sites for hydroxylation is 1. The van der Waals surface area contributed by atoms with E-state index in [1.165, 1.54) is 22.7 Å². The smallest absolute Gasteiger partial charge is 0.273 e. The minimum Gasteiger partial charge on any atom is -0.395 e. The SMILES string of the molecule is CCc1ccc(N(C(=O)c2snc(C(N)=O)c2N)[C@H](C(=O)NC2CCCCC2)c2cccs2)cc1. The number of nitrogens with two attached hydrogens (primary N) is 2. The summed E-state index contributed by atoms with van der Waals surface area (Å²) in [7, 11) is 0. The van der Waals surface area contributed by atoms with Gasteiger partial charge in [-0.25, -0.2) is 0 Å². The molecule has 4 rings (SSSR count). The van der Waals surface area contributed by atoms with Gasteiger partial charge >= 0.3 is 0 Å². The number of carbonyl (C=O) groups excluding carboxylic acids is 3. The van der Waals surface area contributed by atoms with Crippen molar-refractivity contribution in [3.8, 4) is 0 Å². The largest absolute Gasteiger partial charge is 0.395 e. The molecular weight excluding hydrogens is 482 g/mol. The van der Waals surface area contributed by atoms with Gasteiger partial charge in [-0.2, -0.15) is 4.37 Å². The van der Waals surface area contributed by atoms with Crippen LogP contribution in [-0.2, 0) is 11.2 Å². The summed E-state index contributed by atoms with van der Waals surface area (Å²) in [5.41, 5.74) is 12.9. The monoisotopic (exact) mass is 511 g/mol. The van der Waals surface area contributed by atoms with Gasteiger partial charge in [0.15, 0.2) is 11.7 Å². The summed E-state index contributed by atoms with van der Waals surface area (Å²) >= 11 is 2.22. The van der Waals surface area contributed by atoms with E-state index in [9.17, 15) is 14.4 Å². The quantitative estimate of drug-likeness (QED) is 0.415. The van der Waals surface area contributed by atoms with Crippen molar-refractivity contribution in [2.24, 2.45) is 5.73 Å². The predicted octanol–water partition coefficient (Wildman–Crippen LogP) is 4.29. The average Bonchev–Trinajstić information content (AvgIpc) is 3.52. The molecule has 10 heteroatoms. The summed E-state index contributed by atoms with van der Waals surface area (Å²) in [5.74, 6) is -1.55. The summed E-state index contributed by atoms with van der Waals surface area (Å²) in [4.78, 5) is 41.7. The van der Waals surface area contributed by atoms with Crippen LogP contribution in [-0.4, -0.2) is 28.1 Å². The Bertz CT molecular complexity index is 1180. The van der Waals surface area contributed by atoms with Crippen LogP contribution in [0.2, 0.25) is 0 Å². The van der Waals surface area contributed by atoms with Crippen molar-refractivity contribution < 1.29 is 14.4 Å². The molecular formula is C25H29N5O3S2. The van der Waals surface area contributed by atoms with Crippen LogP contribution in [0.15, 0.2) is 41.8 Å². The Balaban J connectivity index is 1.79. The van der Waals surface area contributed by atoms with Gasteiger partial charge in [0.2, 0.25) is 5.91 Å². The zero-order chi connectivity index (χ0) is 24.9. The van der Waals surface area contributed by atoms with E-state index < -0.39 is 17.9 Å². The second-order valence-electron chi connectivity index (χ2n) is 8.59. The molecule has 0 radical (unpaired) electrons. The number of carbonyl (C=O) groups is 3. The molecule has 0 spiro atoms. The third-order valence-corrected chi connectivity index (χ3v) is 8.04. The lowest BCUT2D eigenvalue weighted by Gasteiger charge is -2.32. The number of benzene rings is 1. The standard InChI is InChI=1S/C25H29N5O3S2/c1-2-15-10-12-17(13-11-15)30(25(33)22-19(26)20(23(27)31)29-35-22)21(18-9-6-14-34-18)24(32)28-16-7-4-3-5-8-16/h6,9-14,16,21H,2-5,7-8,26H2,1H3,(H2,27,31)(H,28,32)/t21-/m0/s1. The first-order valence-corrected chi connectivity index (χ1v) is 13.4. The number of aromatic nitrogens is 1. The van der Waals surface area contributed by atoms with Crippen molar-refractivity contribution in [1.29, 1.82) is 0 Å². The second-order valence-corrected chi connectivity index (χ2v) is 10.3. The highest BCUT2D eigenvalue weighted by Gasteiger charge is 2.37. The molecule has 0 unspecified atom stereocenters. The highest BCUT2D eigenvalue weighted by Crippen LogP contribution is 2.35. The Morgan fingerprint density at radius 2 is 1.86 bits per heavy atom. The van der Waals surface area contributed by atoms with Crippen molar-refractivity contribution >= 4 is 52.0 Å². The lowest BCUT2D eigenvalue weighted by molar-refractivity contribution is -0.123. The Hall–Kier alpha value is -3.24. The van der Waals surface area contributed by atoms with Gasteiger partial charge in [-0.15, -0.1) is 11.3 Å². The molecule has 1 atom stereocenters. The van der Waals surface area contributed by atoms with E-state index in [0.717, 1.165) is 54.1 Å². The van der Waals surface area contributed by atoms with Gasteiger partial charge < -0.3 is 16.8 Å². The van der Waals surface area contributed by atoms with E-state index >= 15 is 0 Å². The van der Waals surface area contributed by atoms with E-state index in [1.54, 1.807) is 0 Å². The Morgan fingerprint density at radius 1 is 1.14 bits per heavy atom. The van der Waals surface area contributed by atoms with Crippen LogP contribution in [0.25, 0.3) is 0 Å². The lowest BCUT2D eigenvalue weighted by Crippen LogP contribution is -2.47. The molecule has 2 heterocycles. The van der Waals surface area contributed by atoms with Gasteiger partial charge in [0.1, 0.15) is 4.88 Å². The maximum Gasteiger partial charge on any atom is 0.273 e. The molecule has 1 aliphatic rings. The third-order valence-electron chi connectivity index (χ3n) is 6.27. The first-order chi connectivity index (χ1) is 16.9. The number of primary amides is 1.